The molecule has 2 rings (SSSR count). The maximum Gasteiger partial charge on any atom is 0.326 e. The van der Waals surface area contributed by atoms with E-state index < -0.39 is 23.4 Å². The van der Waals surface area contributed by atoms with Gasteiger partial charge in [-0.3, -0.25) is 9.59 Å². The van der Waals surface area contributed by atoms with Gasteiger partial charge in [-0.25, -0.2) is 4.79 Å². The maximum atomic E-state index is 12.0. The molecule has 0 aliphatic carbocycles. The topological polar surface area (TPSA) is 86.7 Å². The van der Waals surface area contributed by atoms with Crippen molar-refractivity contribution in [2.75, 3.05) is 6.54 Å². The molecule has 1 aliphatic heterocycles. The minimum atomic E-state index is -1.13. The molecule has 0 bridgehead atoms. The summed E-state index contributed by atoms with van der Waals surface area (Å²) < 4.78 is 0. The van der Waals surface area contributed by atoms with E-state index in [0.717, 1.165) is 4.90 Å². The van der Waals surface area contributed by atoms with Crippen LogP contribution in [0, 0.1) is 0 Å². The number of carboxylic acid groups (broad SMARTS) is 1. The van der Waals surface area contributed by atoms with Crippen molar-refractivity contribution in [1.82, 2.24) is 10.2 Å². The zero-order chi connectivity index (χ0) is 14.7. The van der Waals surface area contributed by atoms with Crippen LogP contribution in [0.15, 0.2) is 30.3 Å². The molecule has 0 saturated carbocycles. The van der Waals surface area contributed by atoms with Gasteiger partial charge in [0, 0.05) is 24.6 Å². The number of nitrogens with zero attached hydrogens (tertiary/aromatic N) is 1. The zero-order valence-electron chi connectivity index (χ0n) is 10.5. The van der Waals surface area contributed by atoms with Crippen LogP contribution in [0.1, 0.15) is 16.8 Å². The molecule has 0 radical (unpaired) electrons. The van der Waals surface area contributed by atoms with E-state index in [1.165, 1.54) is 0 Å². The first-order valence-electron chi connectivity index (χ1n) is 6.04. The first kappa shape index (κ1) is 14.3. The number of likely N-dealkylation sites (tertiary alicyclic amines) is 1. The molecular weight excluding hydrogens is 284 g/mol. The fourth-order valence-electron chi connectivity index (χ4n) is 2.23. The summed E-state index contributed by atoms with van der Waals surface area (Å²) >= 11 is 5.35. The Hall–Kier alpha value is -2.08. The van der Waals surface area contributed by atoms with Crippen molar-refractivity contribution in [2.24, 2.45) is 0 Å². The van der Waals surface area contributed by atoms with Gasteiger partial charge in [-0.1, -0.05) is 18.2 Å². The molecule has 6 nitrogen and oxygen atoms in total. The van der Waals surface area contributed by atoms with Crippen molar-refractivity contribution in [3.8, 4) is 0 Å². The Morgan fingerprint density at radius 3 is 2.40 bits per heavy atom. The molecular formula is C13H13ClN2O4. The van der Waals surface area contributed by atoms with Gasteiger partial charge >= 0.3 is 11.3 Å². The summed E-state index contributed by atoms with van der Waals surface area (Å²) in [6, 6.07) is 7.15. The average Bonchev–Trinajstić information content (AvgIpc) is 2.84. The highest BCUT2D eigenvalue weighted by molar-refractivity contribution is 6.63. The number of aliphatic carboxylic acids is 1. The monoisotopic (exact) mass is 296 g/mol. The second-order valence-electron chi connectivity index (χ2n) is 4.53. The van der Waals surface area contributed by atoms with E-state index in [4.69, 9.17) is 16.7 Å². The molecule has 1 aromatic rings. The first-order chi connectivity index (χ1) is 9.49. The molecule has 1 aromatic carbocycles. The summed E-state index contributed by atoms with van der Waals surface area (Å²) in [6.07, 6.45) is 0.145. The van der Waals surface area contributed by atoms with Gasteiger partial charge in [0.2, 0.25) is 0 Å². The molecule has 0 aromatic heterocycles. The third-order valence-corrected chi connectivity index (χ3v) is 3.40. The predicted octanol–water partition coefficient (Wildman–Crippen LogP) is 1.30. The van der Waals surface area contributed by atoms with E-state index in [-0.39, 0.29) is 18.9 Å². The van der Waals surface area contributed by atoms with Crippen LogP contribution in [-0.4, -0.2) is 45.9 Å². The molecule has 1 saturated heterocycles. The molecule has 2 amide bonds. The fourth-order valence-corrected chi connectivity index (χ4v) is 2.41. The van der Waals surface area contributed by atoms with Crippen molar-refractivity contribution in [1.29, 1.82) is 0 Å². The second kappa shape index (κ2) is 5.92. The second-order valence-corrected chi connectivity index (χ2v) is 4.85. The summed E-state index contributed by atoms with van der Waals surface area (Å²) in [4.78, 5) is 35.2. The third-order valence-electron chi connectivity index (χ3n) is 3.18. The third kappa shape index (κ3) is 3.08. The Kier molecular flexibility index (Phi) is 4.24. The Balaban J connectivity index is 2.03. The van der Waals surface area contributed by atoms with E-state index in [2.05, 4.69) is 5.32 Å². The van der Waals surface area contributed by atoms with E-state index >= 15 is 0 Å². The summed E-state index contributed by atoms with van der Waals surface area (Å²) in [5.41, 5.74) is 0.482. The SMILES string of the molecule is O=C(N[C@H]1C[C@H](C(=O)O)N(C(=O)Cl)C1)c1ccccc1. The van der Waals surface area contributed by atoms with E-state index in [1.807, 2.05) is 0 Å². The smallest absolute Gasteiger partial charge is 0.326 e. The van der Waals surface area contributed by atoms with Gasteiger partial charge in [-0.2, -0.15) is 0 Å². The number of nitrogens with one attached hydrogen (secondary N) is 1. The van der Waals surface area contributed by atoms with Crippen molar-refractivity contribution in [2.45, 2.75) is 18.5 Å². The standard InChI is InChI=1S/C13H13ClN2O4/c14-13(20)16-7-9(6-10(16)12(18)19)15-11(17)8-4-2-1-3-5-8/h1-5,9-10H,6-7H2,(H,15,17)(H,18,19)/t9-,10+/m0/s1. The quantitative estimate of drug-likeness (QED) is 0.650. The van der Waals surface area contributed by atoms with Crippen LogP contribution in [0.2, 0.25) is 0 Å². The number of carbonyl (C=O) groups excluding carboxylic acids is 2. The molecule has 0 unspecified atom stereocenters. The minimum absolute atomic E-state index is 0.0951. The van der Waals surface area contributed by atoms with Crippen LogP contribution in [0.25, 0.3) is 0 Å². The van der Waals surface area contributed by atoms with Crippen molar-refractivity contribution in [3.05, 3.63) is 35.9 Å². The van der Waals surface area contributed by atoms with E-state index in [0.29, 0.717) is 5.56 Å². The summed E-state index contributed by atoms with van der Waals surface area (Å²) in [5.74, 6) is -1.43. The Morgan fingerprint density at radius 1 is 1.25 bits per heavy atom. The van der Waals surface area contributed by atoms with Crippen LogP contribution >= 0.6 is 11.6 Å². The van der Waals surface area contributed by atoms with Crippen LogP contribution < -0.4 is 5.32 Å². The summed E-state index contributed by atoms with van der Waals surface area (Å²) in [7, 11) is 0. The van der Waals surface area contributed by atoms with Crippen LogP contribution in [0.3, 0.4) is 0 Å². The van der Waals surface area contributed by atoms with Crippen LogP contribution in [0.5, 0.6) is 0 Å². The highest BCUT2D eigenvalue weighted by atomic mass is 35.5. The van der Waals surface area contributed by atoms with Gasteiger partial charge in [0.1, 0.15) is 6.04 Å². The van der Waals surface area contributed by atoms with Crippen LogP contribution in [-0.2, 0) is 4.79 Å². The number of carbonyl (C=O) groups is 3. The lowest BCUT2D eigenvalue weighted by atomic mass is 10.1. The molecule has 2 atom stereocenters. The Morgan fingerprint density at radius 2 is 1.90 bits per heavy atom. The minimum Gasteiger partial charge on any atom is -0.480 e. The Bertz CT molecular complexity index is 512. The number of halogens is 1. The molecule has 1 heterocycles. The highest BCUT2D eigenvalue weighted by Gasteiger charge is 2.39. The molecule has 1 fully saturated rings. The van der Waals surface area contributed by atoms with E-state index in [9.17, 15) is 14.4 Å². The van der Waals surface area contributed by atoms with Gasteiger partial charge in [0.25, 0.3) is 5.91 Å². The summed E-state index contributed by atoms with van der Waals surface area (Å²) in [6.45, 7) is 0.0951. The van der Waals surface area contributed by atoms with Gasteiger partial charge < -0.3 is 15.3 Å². The highest BCUT2D eigenvalue weighted by Crippen LogP contribution is 2.20. The number of hydrogen-bond donors (Lipinski definition) is 2. The van der Waals surface area contributed by atoms with Crippen LogP contribution in [0.4, 0.5) is 4.79 Å². The number of amides is 2. The summed E-state index contributed by atoms with van der Waals surface area (Å²) in [5, 5.41) is 10.9. The van der Waals surface area contributed by atoms with Gasteiger partial charge in [0.15, 0.2) is 0 Å². The molecule has 0 spiro atoms. The number of rotatable bonds is 3. The lowest BCUT2D eigenvalue weighted by Crippen LogP contribution is -2.39. The molecule has 106 valence electrons. The van der Waals surface area contributed by atoms with Gasteiger partial charge in [-0.15, -0.1) is 0 Å². The molecule has 7 heteroatoms. The average molecular weight is 297 g/mol. The van der Waals surface area contributed by atoms with Crippen molar-refractivity contribution < 1.29 is 19.5 Å². The van der Waals surface area contributed by atoms with Gasteiger partial charge in [-0.05, 0) is 23.7 Å². The number of hydrogen-bond acceptors (Lipinski definition) is 3. The molecule has 2 N–H and O–H groups in total. The van der Waals surface area contributed by atoms with E-state index in [1.54, 1.807) is 30.3 Å². The Labute approximate surface area is 120 Å². The normalized spacial score (nSPS) is 21.6. The first-order valence-corrected chi connectivity index (χ1v) is 6.41. The fraction of sp³-hybridized carbons (Fsp3) is 0.308. The largest absolute Gasteiger partial charge is 0.480 e. The number of benzene rings is 1. The lowest BCUT2D eigenvalue weighted by molar-refractivity contribution is -0.141. The maximum absolute atomic E-state index is 12.0. The lowest BCUT2D eigenvalue weighted by Gasteiger charge is -2.17. The predicted molar refractivity (Wildman–Crippen MR) is 71.7 cm³/mol. The zero-order valence-corrected chi connectivity index (χ0v) is 11.2. The van der Waals surface area contributed by atoms with Gasteiger partial charge in [0.05, 0.1) is 0 Å². The molecule has 1 aliphatic rings. The molecule has 20 heavy (non-hydrogen) atoms. The van der Waals surface area contributed by atoms with Crippen molar-refractivity contribution in [3.63, 3.8) is 0 Å². The number of carboxylic acids is 1. The van der Waals surface area contributed by atoms with Crippen molar-refractivity contribution >= 4 is 28.8 Å².